The Hall–Kier alpha value is -2.76. The lowest BCUT2D eigenvalue weighted by Crippen LogP contribution is -2.50. The second kappa shape index (κ2) is 9.63. The quantitative estimate of drug-likeness (QED) is 0.764. The third-order valence-corrected chi connectivity index (χ3v) is 5.40. The Balaban J connectivity index is 1.75. The van der Waals surface area contributed by atoms with Gasteiger partial charge in [0.15, 0.2) is 0 Å². The van der Waals surface area contributed by atoms with Crippen LogP contribution in [0.25, 0.3) is 0 Å². The van der Waals surface area contributed by atoms with Crippen LogP contribution in [-0.2, 0) is 22.6 Å². The molecule has 0 unspecified atom stereocenters. The van der Waals surface area contributed by atoms with Gasteiger partial charge >= 0.3 is 0 Å². The van der Waals surface area contributed by atoms with Gasteiger partial charge in [-0.3, -0.25) is 9.59 Å². The highest BCUT2D eigenvalue weighted by Crippen LogP contribution is 2.19. The summed E-state index contributed by atoms with van der Waals surface area (Å²) in [5, 5.41) is 3.04. The van der Waals surface area contributed by atoms with Crippen LogP contribution in [0.4, 0.5) is 8.78 Å². The number of halogens is 2. The van der Waals surface area contributed by atoms with Gasteiger partial charge in [0.2, 0.25) is 11.8 Å². The lowest BCUT2D eigenvalue weighted by atomic mass is 10.1. The highest BCUT2D eigenvalue weighted by molar-refractivity contribution is 5.88. The van der Waals surface area contributed by atoms with Gasteiger partial charge in [0.1, 0.15) is 17.7 Å². The second-order valence-electron chi connectivity index (χ2n) is 7.62. The summed E-state index contributed by atoms with van der Waals surface area (Å²) in [6.07, 6.45) is 4.17. The van der Waals surface area contributed by atoms with Crippen molar-refractivity contribution in [2.45, 2.75) is 57.7 Å². The molecule has 2 amide bonds. The minimum absolute atomic E-state index is 0.0581. The third kappa shape index (κ3) is 5.86. The number of carbonyl (C=O) groups excluding carboxylic acids is 2. The molecule has 1 atom stereocenters. The van der Waals surface area contributed by atoms with Gasteiger partial charge in [-0.05, 0) is 55.2 Å². The van der Waals surface area contributed by atoms with Gasteiger partial charge in [0, 0.05) is 12.6 Å². The fourth-order valence-corrected chi connectivity index (χ4v) is 3.64. The minimum Gasteiger partial charge on any atom is -0.352 e. The van der Waals surface area contributed by atoms with E-state index in [0.29, 0.717) is 5.56 Å². The summed E-state index contributed by atoms with van der Waals surface area (Å²) in [7, 11) is 0. The van der Waals surface area contributed by atoms with Crippen molar-refractivity contribution in [3.8, 4) is 0 Å². The van der Waals surface area contributed by atoms with Gasteiger partial charge in [-0.1, -0.05) is 37.1 Å². The van der Waals surface area contributed by atoms with Crippen LogP contribution in [0.5, 0.6) is 0 Å². The molecule has 1 saturated carbocycles. The largest absolute Gasteiger partial charge is 0.352 e. The Morgan fingerprint density at radius 1 is 0.966 bits per heavy atom. The number of hydrogen-bond acceptors (Lipinski definition) is 2. The normalized spacial score (nSPS) is 15.1. The van der Waals surface area contributed by atoms with E-state index in [1.807, 2.05) is 0 Å². The van der Waals surface area contributed by atoms with E-state index in [4.69, 9.17) is 0 Å². The lowest BCUT2D eigenvalue weighted by Gasteiger charge is -2.30. The molecule has 6 heteroatoms. The maximum Gasteiger partial charge on any atom is 0.242 e. The molecule has 1 aliphatic carbocycles. The number of hydrogen-bond donors (Lipinski definition) is 1. The molecule has 0 saturated heterocycles. The van der Waals surface area contributed by atoms with Crippen molar-refractivity contribution in [1.82, 2.24) is 10.2 Å². The van der Waals surface area contributed by atoms with Crippen molar-refractivity contribution in [2.75, 3.05) is 0 Å². The highest BCUT2D eigenvalue weighted by atomic mass is 19.1. The molecule has 0 aromatic heterocycles. The van der Waals surface area contributed by atoms with Crippen LogP contribution in [0.1, 0.15) is 43.7 Å². The second-order valence-corrected chi connectivity index (χ2v) is 7.62. The third-order valence-electron chi connectivity index (χ3n) is 5.40. The Morgan fingerprint density at radius 2 is 1.48 bits per heavy atom. The van der Waals surface area contributed by atoms with E-state index >= 15 is 0 Å². The molecule has 2 aromatic rings. The van der Waals surface area contributed by atoms with E-state index in [-0.39, 0.29) is 42.5 Å². The number of rotatable bonds is 7. The van der Waals surface area contributed by atoms with E-state index in [9.17, 15) is 18.4 Å². The van der Waals surface area contributed by atoms with Crippen LogP contribution in [0.3, 0.4) is 0 Å². The summed E-state index contributed by atoms with van der Waals surface area (Å²) in [5.74, 6) is -1.15. The molecule has 0 bridgehead atoms. The van der Waals surface area contributed by atoms with Crippen LogP contribution in [-0.4, -0.2) is 28.8 Å². The number of nitrogens with zero attached hydrogens (tertiary/aromatic N) is 1. The van der Waals surface area contributed by atoms with Crippen LogP contribution in [0.15, 0.2) is 48.5 Å². The van der Waals surface area contributed by atoms with Gasteiger partial charge in [-0.15, -0.1) is 0 Å². The van der Waals surface area contributed by atoms with E-state index in [0.717, 1.165) is 31.2 Å². The van der Waals surface area contributed by atoms with Crippen LogP contribution >= 0.6 is 0 Å². The standard InChI is InChI=1S/C23H26F2N2O2/c1-16(23(29)26-21-4-2-3-5-21)27(15-18-8-12-20(25)13-9-18)22(28)14-17-6-10-19(24)11-7-17/h6-13,16,21H,2-5,14-15H2,1H3,(H,26,29)/t16-/m1/s1. The first-order chi connectivity index (χ1) is 13.9. The molecule has 0 radical (unpaired) electrons. The molecule has 0 heterocycles. The molecule has 3 rings (SSSR count). The number of carbonyl (C=O) groups is 2. The van der Waals surface area contributed by atoms with Crippen molar-refractivity contribution in [3.63, 3.8) is 0 Å². The van der Waals surface area contributed by atoms with Gasteiger partial charge in [0.25, 0.3) is 0 Å². The summed E-state index contributed by atoms with van der Waals surface area (Å²) >= 11 is 0. The topological polar surface area (TPSA) is 49.4 Å². The summed E-state index contributed by atoms with van der Waals surface area (Å²) in [6, 6.07) is 11.1. The predicted octanol–water partition coefficient (Wildman–Crippen LogP) is 3.98. The van der Waals surface area contributed by atoms with Crippen LogP contribution in [0, 0.1) is 11.6 Å². The number of benzene rings is 2. The van der Waals surface area contributed by atoms with Gasteiger partial charge in [-0.25, -0.2) is 8.78 Å². The first-order valence-electron chi connectivity index (χ1n) is 10.0. The van der Waals surface area contributed by atoms with Crippen molar-refractivity contribution in [2.24, 2.45) is 0 Å². The Labute approximate surface area is 169 Å². The van der Waals surface area contributed by atoms with Crippen molar-refractivity contribution in [1.29, 1.82) is 0 Å². The predicted molar refractivity (Wildman–Crippen MR) is 107 cm³/mol. The number of nitrogens with one attached hydrogen (secondary N) is 1. The molecular formula is C23H26F2N2O2. The van der Waals surface area contributed by atoms with Crippen LogP contribution in [0.2, 0.25) is 0 Å². The average molecular weight is 400 g/mol. The maximum absolute atomic E-state index is 13.2. The van der Waals surface area contributed by atoms with Crippen molar-refractivity contribution in [3.05, 3.63) is 71.3 Å². The average Bonchev–Trinajstić information content (AvgIpc) is 3.21. The SMILES string of the molecule is C[C@H](C(=O)NC1CCCC1)N(Cc1ccc(F)cc1)C(=O)Cc1ccc(F)cc1. The monoisotopic (exact) mass is 400 g/mol. The van der Waals surface area contributed by atoms with Gasteiger partial charge in [-0.2, -0.15) is 0 Å². The van der Waals surface area contributed by atoms with E-state index < -0.39 is 6.04 Å². The Bertz CT molecular complexity index is 831. The first kappa shape index (κ1) is 21.0. The maximum atomic E-state index is 13.2. The Kier molecular flexibility index (Phi) is 6.96. The summed E-state index contributed by atoms with van der Waals surface area (Å²) < 4.78 is 26.4. The molecule has 2 aromatic carbocycles. The van der Waals surface area contributed by atoms with Crippen molar-refractivity contribution < 1.29 is 18.4 Å². The molecule has 1 fully saturated rings. The molecular weight excluding hydrogens is 374 g/mol. The summed E-state index contributed by atoms with van der Waals surface area (Å²) in [6.45, 7) is 1.90. The minimum atomic E-state index is -0.673. The highest BCUT2D eigenvalue weighted by Gasteiger charge is 2.28. The van der Waals surface area contributed by atoms with Crippen molar-refractivity contribution >= 4 is 11.8 Å². The van der Waals surface area contributed by atoms with Crippen LogP contribution < -0.4 is 5.32 Å². The zero-order chi connectivity index (χ0) is 20.8. The van der Waals surface area contributed by atoms with Gasteiger partial charge in [0.05, 0.1) is 6.42 Å². The fraction of sp³-hybridized carbons (Fsp3) is 0.391. The smallest absolute Gasteiger partial charge is 0.242 e. The first-order valence-corrected chi connectivity index (χ1v) is 10.0. The van der Waals surface area contributed by atoms with E-state index in [2.05, 4.69) is 5.32 Å². The fourth-order valence-electron chi connectivity index (χ4n) is 3.64. The molecule has 1 aliphatic rings. The molecule has 29 heavy (non-hydrogen) atoms. The van der Waals surface area contributed by atoms with E-state index in [1.165, 1.54) is 29.2 Å². The summed E-state index contributed by atoms with van der Waals surface area (Å²) in [4.78, 5) is 27.3. The lowest BCUT2D eigenvalue weighted by molar-refractivity contribution is -0.140. The van der Waals surface area contributed by atoms with E-state index in [1.54, 1.807) is 31.2 Å². The number of amides is 2. The molecule has 1 N–H and O–H groups in total. The summed E-state index contributed by atoms with van der Waals surface area (Å²) in [5.41, 5.74) is 1.41. The molecule has 0 aliphatic heterocycles. The van der Waals surface area contributed by atoms with Gasteiger partial charge < -0.3 is 10.2 Å². The molecule has 4 nitrogen and oxygen atoms in total. The molecule has 0 spiro atoms. The molecule has 154 valence electrons. The zero-order valence-corrected chi connectivity index (χ0v) is 16.5. The Morgan fingerprint density at radius 3 is 2.03 bits per heavy atom. The zero-order valence-electron chi connectivity index (χ0n) is 16.5.